The standard InChI is InChI=1S/C12H18O3/c1-2-9(6-12(15)8-13)10-4-3-5-11(14)7-10/h3-5,7,9,12-15H,2,6,8H2,1H3. The summed E-state index contributed by atoms with van der Waals surface area (Å²) in [6.45, 7) is 1.81. The zero-order valence-corrected chi connectivity index (χ0v) is 8.93. The van der Waals surface area contributed by atoms with Crippen LogP contribution in [0, 0.1) is 0 Å². The van der Waals surface area contributed by atoms with Gasteiger partial charge >= 0.3 is 0 Å². The minimum absolute atomic E-state index is 0.180. The fourth-order valence-electron chi connectivity index (χ4n) is 1.72. The summed E-state index contributed by atoms with van der Waals surface area (Å²) in [6.07, 6.45) is 0.717. The Morgan fingerprint density at radius 2 is 2.07 bits per heavy atom. The van der Waals surface area contributed by atoms with Crippen LogP contribution in [0.2, 0.25) is 0 Å². The highest BCUT2D eigenvalue weighted by molar-refractivity contribution is 5.29. The predicted molar refractivity (Wildman–Crippen MR) is 58.8 cm³/mol. The Hall–Kier alpha value is -1.06. The molecule has 3 N–H and O–H groups in total. The largest absolute Gasteiger partial charge is 0.508 e. The third-order valence-corrected chi connectivity index (χ3v) is 2.60. The highest BCUT2D eigenvalue weighted by Crippen LogP contribution is 2.26. The Morgan fingerprint density at radius 3 is 2.60 bits per heavy atom. The maximum atomic E-state index is 9.38. The second-order valence-corrected chi connectivity index (χ2v) is 3.77. The molecule has 0 bridgehead atoms. The molecular formula is C12H18O3. The Bertz CT molecular complexity index is 299. The molecule has 1 aromatic rings. The van der Waals surface area contributed by atoms with Crippen molar-refractivity contribution < 1.29 is 15.3 Å². The number of hydrogen-bond donors (Lipinski definition) is 3. The van der Waals surface area contributed by atoms with Gasteiger partial charge in [0.2, 0.25) is 0 Å². The number of phenols is 1. The van der Waals surface area contributed by atoms with Crippen LogP contribution < -0.4 is 0 Å². The van der Waals surface area contributed by atoms with E-state index in [4.69, 9.17) is 5.11 Å². The van der Waals surface area contributed by atoms with E-state index in [0.717, 1.165) is 12.0 Å². The topological polar surface area (TPSA) is 60.7 Å². The molecule has 0 saturated carbocycles. The van der Waals surface area contributed by atoms with Gasteiger partial charge in [-0.1, -0.05) is 19.1 Å². The molecule has 2 atom stereocenters. The van der Waals surface area contributed by atoms with Gasteiger partial charge in [-0.2, -0.15) is 0 Å². The van der Waals surface area contributed by atoms with E-state index in [9.17, 15) is 10.2 Å². The number of phenolic OH excluding ortho intramolecular Hbond substituents is 1. The van der Waals surface area contributed by atoms with Crippen molar-refractivity contribution >= 4 is 0 Å². The first-order valence-electron chi connectivity index (χ1n) is 5.25. The van der Waals surface area contributed by atoms with Crippen LogP contribution in [-0.2, 0) is 0 Å². The van der Waals surface area contributed by atoms with Crippen LogP contribution in [0.3, 0.4) is 0 Å². The summed E-state index contributed by atoms with van der Waals surface area (Å²) >= 11 is 0. The number of benzene rings is 1. The highest BCUT2D eigenvalue weighted by Gasteiger charge is 2.14. The van der Waals surface area contributed by atoms with Crippen LogP contribution in [0.15, 0.2) is 24.3 Å². The molecule has 0 aliphatic carbocycles. The molecule has 3 heteroatoms. The lowest BCUT2D eigenvalue weighted by molar-refractivity contribution is 0.0817. The van der Waals surface area contributed by atoms with Crippen LogP contribution in [0.1, 0.15) is 31.2 Å². The summed E-state index contributed by atoms with van der Waals surface area (Å²) in [5.74, 6) is 0.420. The molecule has 0 heterocycles. The normalized spacial score (nSPS) is 14.9. The first-order chi connectivity index (χ1) is 7.17. The van der Waals surface area contributed by atoms with E-state index in [-0.39, 0.29) is 18.3 Å². The lowest BCUT2D eigenvalue weighted by Gasteiger charge is -2.18. The van der Waals surface area contributed by atoms with E-state index in [2.05, 4.69) is 0 Å². The van der Waals surface area contributed by atoms with Gasteiger partial charge < -0.3 is 15.3 Å². The zero-order valence-electron chi connectivity index (χ0n) is 8.93. The first kappa shape index (κ1) is 12.0. The van der Waals surface area contributed by atoms with Crippen molar-refractivity contribution in [1.29, 1.82) is 0 Å². The number of aliphatic hydroxyl groups excluding tert-OH is 2. The molecule has 0 aliphatic heterocycles. The van der Waals surface area contributed by atoms with Crippen LogP contribution in [0.4, 0.5) is 0 Å². The van der Waals surface area contributed by atoms with E-state index < -0.39 is 6.10 Å². The molecule has 0 aliphatic rings. The third kappa shape index (κ3) is 3.53. The molecule has 0 fully saturated rings. The van der Waals surface area contributed by atoms with Gasteiger partial charge in [0.25, 0.3) is 0 Å². The Kier molecular flexibility index (Phi) is 4.59. The van der Waals surface area contributed by atoms with E-state index in [1.54, 1.807) is 18.2 Å². The molecule has 0 spiro atoms. The summed E-state index contributed by atoms with van der Waals surface area (Å²) < 4.78 is 0. The molecule has 84 valence electrons. The van der Waals surface area contributed by atoms with E-state index in [0.29, 0.717) is 6.42 Å². The maximum Gasteiger partial charge on any atom is 0.115 e. The minimum Gasteiger partial charge on any atom is -0.508 e. The summed E-state index contributed by atoms with van der Waals surface area (Å²) in [5, 5.41) is 27.5. The van der Waals surface area contributed by atoms with Crippen molar-refractivity contribution in [3.63, 3.8) is 0 Å². The molecule has 0 saturated heterocycles. The van der Waals surface area contributed by atoms with E-state index in [1.807, 2.05) is 13.0 Å². The second kappa shape index (κ2) is 5.73. The van der Waals surface area contributed by atoms with Crippen molar-refractivity contribution in [2.45, 2.75) is 31.8 Å². The Balaban J connectivity index is 2.73. The van der Waals surface area contributed by atoms with Crippen molar-refractivity contribution in [3.05, 3.63) is 29.8 Å². The van der Waals surface area contributed by atoms with Crippen molar-refractivity contribution in [1.82, 2.24) is 0 Å². The number of hydrogen-bond acceptors (Lipinski definition) is 3. The molecule has 0 amide bonds. The minimum atomic E-state index is -0.683. The molecule has 0 aromatic heterocycles. The number of aromatic hydroxyl groups is 1. The molecule has 2 unspecified atom stereocenters. The van der Waals surface area contributed by atoms with Gasteiger partial charge in [-0.3, -0.25) is 0 Å². The highest BCUT2D eigenvalue weighted by atomic mass is 16.3. The van der Waals surface area contributed by atoms with Gasteiger partial charge in [-0.05, 0) is 36.5 Å². The van der Waals surface area contributed by atoms with Crippen LogP contribution in [0.5, 0.6) is 5.75 Å². The van der Waals surface area contributed by atoms with Crippen molar-refractivity contribution in [2.24, 2.45) is 0 Å². The molecule has 1 rings (SSSR count). The van der Waals surface area contributed by atoms with Crippen molar-refractivity contribution in [2.75, 3.05) is 6.61 Å². The maximum absolute atomic E-state index is 9.38. The van der Waals surface area contributed by atoms with Gasteiger partial charge in [0.05, 0.1) is 12.7 Å². The monoisotopic (exact) mass is 210 g/mol. The van der Waals surface area contributed by atoms with Gasteiger partial charge in [-0.15, -0.1) is 0 Å². The van der Waals surface area contributed by atoms with Gasteiger partial charge in [0.15, 0.2) is 0 Å². The predicted octanol–water partition coefficient (Wildman–Crippen LogP) is 1.63. The average molecular weight is 210 g/mol. The first-order valence-corrected chi connectivity index (χ1v) is 5.25. The fraction of sp³-hybridized carbons (Fsp3) is 0.500. The van der Waals surface area contributed by atoms with Crippen LogP contribution >= 0.6 is 0 Å². The number of aliphatic hydroxyl groups is 2. The molecule has 0 radical (unpaired) electrons. The average Bonchev–Trinajstić information content (AvgIpc) is 2.25. The Morgan fingerprint density at radius 1 is 1.33 bits per heavy atom. The van der Waals surface area contributed by atoms with Crippen molar-refractivity contribution in [3.8, 4) is 5.75 Å². The SMILES string of the molecule is CCC(CC(O)CO)c1cccc(O)c1. The molecule has 1 aromatic carbocycles. The lowest BCUT2D eigenvalue weighted by atomic mass is 9.91. The molecule has 15 heavy (non-hydrogen) atoms. The molecule has 3 nitrogen and oxygen atoms in total. The van der Waals surface area contributed by atoms with Gasteiger partial charge in [-0.25, -0.2) is 0 Å². The van der Waals surface area contributed by atoms with E-state index in [1.165, 1.54) is 0 Å². The smallest absolute Gasteiger partial charge is 0.115 e. The second-order valence-electron chi connectivity index (χ2n) is 3.77. The summed E-state index contributed by atoms with van der Waals surface area (Å²) in [7, 11) is 0. The molecular weight excluding hydrogens is 192 g/mol. The number of rotatable bonds is 5. The quantitative estimate of drug-likeness (QED) is 0.692. The van der Waals surface area contributed by atoms with Gasteiger partial charge in [0, 0.05) is 0 Å². The Labute approximate surface area is 90.0 Å². The van der Waals surface area contributed by atoms with Gasteiger partial charge in [0.1, 0.15) is 5.75 Å². The summed E-state index contributed by atoms with van der Waals surface area (Å²) in [5.41, 5.74) is 1.00. The fourth-order valence-corrected chi connectivity index (χ4v) is 1.72. The summed E-state index contributed by atoms with van der Waals surface area (Å²) in [6, 6.07) is 7.05. The zero-order chi connectivity index (χ0) is 11.3. The lowest BCUT2D eigenvalue weighted by Crippen LogP contribution is -2.16. The van der Waals surface area contributed by atoms with E-state index >= 15 is 0 Å². The summed E-state index contributed by atoms with van der Waals surface area (Å²) in [4.78, 5) is 0. The van der Waals surface area contributed by atoms with Crippen LogP contribution in [0.25, 0.3) is 0 Å². The third-order valence-electron chi connectivity index (χ3n) is 2.60. The van der Waals surface area contributed by atoms with Crippen LogP contribution in [-0.4, -0.2) is 28.0 Å².